The third-order valence-corrected chi connectivity index (χ3v) is 8.39. The molecular weight excluding hydrogens is 354 g/mol. The van der Waals surface area contributed by atoms with E-state index in [-0.39, 0.29) is 5.54 Å². The molecule has 5 aliphatic rings. The second kappa shape index (κ2) is 8.30. The number of carbonyl (C=O) groups excluding carboxylic acids is 1. The first kappa shape index (κ1) is 18.9. The largest absolute Gasteiger partial charge is 0.353 e. The molecule has 4 bridgehead atoms. The molecule has 146 valence electrons. The van der Waals surface area contributed by atoms with Crippen LogP contribution in [0.5, 0.6) is 0 Å². The minimum Gasteiger partial charge on any atom is -0.353 e. The molecule has 4 saturated carbocycles. The van der Waals surface area contributed by atoms with Crippen LogP contribution in [0.15, 0.2) is 41.3 Å². The summed E-state index contributed by atoms with van der Waals surface area (Å²) >= 11 is 0. The first-order chi connectivity index (χ1) is 13.2. The number of allylic oxidation sites excluding steroid dienone is 2. The lowest BCUT2D eigenvalue weighted by Crippen LogP contribution is -2.57. The van der Waals surface area contributed by atoms with Crippen molar-refractivity contribution >= 4 is 17.2 Å². The Labute approximate surface area is 165 Å². The number of amides is 1. The summed E-state index contributed by atoms with van der Waals surface area (Å²) in [4.78, 5) is 11.7. The van der Waals surface area contributed by atoms with Crippen LogP contribution in [-0.4, -0.2) is 16.2 Å². The predicted molar refractivity (Wildman–Crippen MR) is 110 cm³/mol. The standard InChI is InChI=1S/C12H14OS.C11H17NO/c13-14(12-8-4-5-9-12)10-11-6-2-1-3-7-11;13-7-12-11-4-8-1-9(5-11)3-10(2-8)6-11/h1-3,6-8H,4-5,9-10H2;7-10H,1-6H2,(H,12,13). The normalized spacial score (nSPS) is 34.4. The van der Waals surface area contributed by atoms with Gasteiger partial charge in [-0.25, -0.2) is 0 Å². The average Bonchev–Trinajstić information content (AvgIpc) is 3.17. The summed E-state index contributed by atoms with van der Waals surface area (Å²) in [7, 11) is -0.785. The van der Waals surface area contributed by atoms with Crippen LogP contribution in [0.4, 0.5) is 0 Å². The van der Waals surface area contributed by atoms with Crippen molar-refractivity contribution in [1.29, 1.82) is 0 Å². The number of hydrogen-bond acceptors (Lipinski definition) is 2. The Morgan fingerprint density at radius 2 is 1.67 bits per heavy atom. The third-order valence-electron chi connectivity index (χ3n) is 6.84. The maximum Gasteiger partial charge on any atom is 0.207 e. The Morgan fingerprint density at radius 1 is 1.04 bits per heavy atom. The topological polar surface area (TPSA) is 46.2 Å². The SMILES string of the molecule is O=CNC12CC3CC(CC(C3)C1)C2.O=S(Cc1ccccc1)C1=CCCC1. The Hall–Kier alpha value is -1.42. The molecular formula is C23H31NO2S. The molecule has 0 aliphatic heterocycles. The molecule has 4 heteroatoms. The van der Waals surface area contributed by atoms with Crippen LogP contribution in [0.1, 0.15) is 63.4 Å². The van der Waals surface area contributed by atoms with Crippen molar-refractivity contribution in [2.75, 3.05) is 0 Å². The highest BCUT2D eigenvalue weighted by Gasteiger charge is 2.50. The molecule has 1 unspecified atom stereocenters. The van der Waals surface area contributed by atoms with E-state index >= 15 is 0 Å². The molecule has 3 nitrogen and oxygen atoms in total. The van der Waals surface area contributed by atoms with Gasteiger partial charge in [0.2, 0.25) is 6.41 Å². The number of hydrogen-bond donors (Lipinski definition) is 1. The molecule has 0 heterocycles. The summed E-state index contributed by atoms with van der Waals surface area (Å²) in [5.74, 6) is 3.46. The lowest BCUT2D eigenvalue weighted by atomic mass is 9.53. The van der Waals surface area contributed by atoms with Crippen molar-refractivity contribution in [3.8, 4) is 0 Å². The molecule has 0 spiro atoms. The van der Waals surface area contributed by atoms with Crippen LogP contribution < -0.4 is 5.32 Å². The number of benzene rings is 1. The summed E-state index contributed by atoms with van der Waals surface area (Å²) in [6.07, 6.45) is 14.5. The lowest BCUT2D eigenvalue weighted by molar-refractivity contribution is -0.114. The fourth-order valence-corrected chi connectivity index (χ4v) is 7.44. The molecule has 0 saturated heterocycles. The minimum absolute atomic E-state index is 0.233. The molecule has 4 fully saturated rings. The van der Waals surface area contributed by atoms with Gasteiger partial charge in [0.25, 0.3) is 0 Å². The van der Waals surface area contributed by atoms with E-state index in [4.69, 9.17) is 0 Å². The van der Waals surface area contributed by atoms with Crippen molar-refractivity contribution in [3.63, 3.8) is 0 Å². The second-order valence-corrected chi connectivity index (χ2v) is 10.5. The number of nitrogens with one attached hydrogen (secondary N) is 1. The van der Waals surface area contributed by atoms with Crippen molar-refractivity contribution in [2.24, 2.45) is 17.8 Å². The zero-order valence-corrected chi connectivity index (χ0v) is 16.9. The van der Waals surface area contributed by atoms with Gasteiger partial charge >= 0.3 is 0 Å². The molecule has 27 heavy (non-hydrogen) atoms. The monoisotopic (exact) mass is 385 g/mol. The van der Waals surface area contributed by atoms with Crippen LogP contribution in [-0.2, 0) is 21.3 Å². The fourth-order valence-electron chi connectivity index (χ4n) is 6.08. The average molecular weight is 386 g/mol. The molecule has 0 radical (unpaired) electrons. The lowest BCUT2D eigenvalue weighted by Gasteiger charge is -2.56. The first-order valence-corrected chi connectivity index (χ1v) is 11.8. The zero-order valence-electron chi connectivity index (χ0n) is 16.1. The summed E-state index contributed by atoms with van der Waals surface area (Å²) < 4.78 is 11.9. The van der Waals surface area contributed by atoms with Gasteiger partial charge in [0.15, 0.2) is 0 Å². The summed E-state index contributed by atoms with van der Waals surface area (Å²) in [6.45, 7) is 0. The van der Waals surface area contributed by atoms with Crippen LogP contribution in [0.2, 0.25) is 0 Å². The molecule has 1 N–H and O–H groups in total. The van der Waals surface area contributed by atoms with E-state index in [9.17, 15) is 9.00 Å². The quantitative estimate of drug-likeness (QED) is 0.747. The summed E-state index contributed by atoms with van der Waals surface area (Å²) in [5.41, 5.74) is 1.40. The van der Waals surface area contributed by atoms with Gasteiger partial charge in [-0.15, -0.1) is 0 Å². The van der Waals surface area contributed by atoms with Gasteiger partial charge in [-0.1, -0.05) is 36.4 Å². The fraction of sp³-hybridized carbons (Fsp3) is 0.609. The van der Waals surface area contributed by atoms with E-state index in [1.165, 1.54) is 50.5 Å². The van der Waals surface area contributed by atoms with Crippen LogP contribution in [0.3, 0.4) is 0 Å². The van der Waals surface area contributed by atoms with Gasteiger partial charge in [0.05, 0.1) is 16.6 Å². The van der Waals surface area contributed by atoms with E-state index in [1.807, 2.05) is 30.3 Å². The van der Waals surface area contributed by atoms with E-state index in [0.29, 0.717) is 5.75 Å². The number of rotatable bonds is 5. The van der Waals surface area contributed by atoms with Crippen molar-refractivity contribution in [2.45, 2.75) is 69.1 Å². The molecule has 0 aromatic heterocycles. The highest BCUT2D eigenvalue weighted by molar-refractivity contribution is 7.88. The molecule has 1 amide bonds. The van der Waals surface area contributed by atoms with Gasteiger partial charge in [0, 0.05) is 10.4 Å². The maximum atomic E-state index is 11.9. The molecule has 1 aromatic carbocycles. The molecule has 1 aromatic rings. The summed E-state index contributed by atoms with van der Waals surface area (Å²) in [6, 6.07) is 10.0. The van der Waals surface area contributed by atoms with E-state index < -0.39 is 10.8 Å². The second-order valence-electron chi connectivity index (χ2n) is 9.00. The maximum absolute atomic E-state index is 11.9. The van der Waals surface area contributed by atoms with Crippen molar-refractivity contribution in [3.05, 3.63) is 46.9 Å². The summed E-state index contributed by atoms with van der Waals surface area (Å²) in [5, 5.41) is 3.11. The van der Waals surface area contributed by atoms with E-state index in [0.717, 1.165) is 41.9 Å². The minimum atomic E-state index is -0.785. The van der Waals surface area contributed by atoms with Gasteiger partial charge in [-0.3, -0.25) is 9.00 Å². The Morgan fingerprint density at radius 3 is 2.19 bits per heavy atom. The van der Waals surface area contributed by atoms with E-state index in [2.05, 4.69) is 11.4 Å². The molecule has 1 atom stereocenters. The molecule has 6 rings (SSSR count). The first-order valence-electron chi connectivity index (χ1n) is 10.5. The number of carbonyl (C=O) groups is 1. The predicted octanol–water partition coefficient (Wildman–Crippen LogP) is 4.70. The molecule has 5 aliphatic carbocycles. The van der Waals surface area contributed by atoms with Gasteiger partial charge < -0.3 is 5.32 Å². The van der Waals surface area contributed by atoms with Gasteiger partial charge in [-0.05, 0) is 81.1 Å². The van der Waals surface area contributed by atoms with Gasteiger partial charge in [0.1, 0.15) is 0 Å². The Balaban J connectivity index is 0.000000134. The van der Waals surface area contributed by atoms with Crippen LogP contribution >= 0.6 is 0 Å². The third kappa shape index (κ3) is 4.53. The van der Waals surface area contributed by atoms with Crippen molar-refractivity contribution in [1.82, 2.24) is 5.32 Å². The Bertz CT molecular complexity index is 677. The van der Waals surface area contributed by atoms with Crippen LogP contribution in [0.25, 0.3) is 0 Å². The van der Waals surface area contributed by atoms with Crippen molar-refractivity contribution < 1.29 is 9.00 Å². The van der Waals surface area contributed by atoms with E-state index in [1.54, 1.807) is 0 Å². The highest BCUT2D eigenvalue weighted by atomic mass is 32.2. The smallest absolute Gasteiger partial charge is 0.207 e. The Kier molecular flexibility index (Phi) is 5.82. The van der Waals surface area contributed by atoms with Gasteiger partial charge in [-0.2, -0.15) is 0 Å². The zero-order chi connectivity index (χ0) is 18.7. The highest BCUT2D eigenvalue weighted by Crippen LogP contribution is 2.55. The van der Waals surface area contributed by atoms with Crippen LogP contribution in [0, 0.1) is 17.8 Å².